The zero-order chi connectivity index (χ0) is 16.5. The maximum absolute atomic E-state index is 12.4. The van der Waals surface area contributed by atoms with Crippen molar-refractivity contribution >= 4 is 22.6 Å². The molecule has 3 N–H and O–H groups in total. The Hall–Kier alpha value is -3.48. The molecule has 4 aromatic rings. The van der Waals surface area contributed by atoms with Gasteiger partial charge in [-0.15, -0.1) is 0 Å². The normalized spacial score (nSPS) is 10.9. The van der Waals surface area contributed by atoms with Gasteiger partial charge in [0.1, 0.15) is 5.69 Å². The number of nitrogens with zero attached hydrogens (tertiary/aromatic N) is 3. The number of benzene rings is 1. The second-order valence-corrected chi connectivity index (χ2v) is 5.43. The van der Waals surface area contributed by atoms with Crippen molar-refractivity contribution in [2.24, 2.45) is 0 Å². The molecule has 0 bridgehead atoms. The van der Waals surface area contributed by atoms with Crippen LogP contribution in [-0.4, -0.2) is 31.3 Å². The number of nitrogens with one attached hydrogen (secondary N) is 3. The van der Waals surface area contributed by atoms with Gasteiger partial charge in [0, 0.05) is 16.6 Å². The monoisotopic (exact) mass is 318 g/mol. The summed E-state index contributed by atoms with van der Waals surface area (Å²) in [5.74, 6) is -0.271. The topological polar surface area (TPSA) is 99.3 Å². The van der Waals surface area contributed by atoms with Gasteiger partial charge in [0.05, 0.1) is 17.6 Å². The summed E-state index contributed by atoms with van der Waals surface area (Å²) in [7, 11) is 0. The molecule has 4 rings (SSSR count). The predicted octanol–water partition coefficient (Wildman–Crippen LogP) is 2.91. The van der Waals surface area contributed by atoms with Crippen molar-refractivity contribution in [2.45, 2.75) is 6.92 Å². The maximum atomic E-state index is 12.4. The van der Waals surface area contributed by atoms with Crippen molar-refractivity contribution in [1.82, 2.24) is 25.4 Å². The van der Waals surface area contributed by atoms with Crippen LogP contribution in [0.1, 0.15) is 16.2 Å². The Labute approximate surface area is 137 Å². The number of rotatable bonds is 3. The van der Waals surface area contributed by atoms with Gasteiger partial charge in [-0.1, -0.05) is 30.3 Å². The van der Waals surface area contributed by atoms with Crippen molar-refractivity contribution in [3.8, 4) is 11.3 Å². The first kappa shape index (κ1) is 14.1. The molecule has 1 aromatic carbocycles. The molecule has 0 saturated carbocycles. The standard InChI is InChI=1S/C17H14N6O/c1-10-13-7-12(9-18-16(13)23-20-10)19-17(24)15-8-14(21-22-15)11-5-3-2-4-6-11/h2-9H,1H3,(H,19,24)(H,21,22)(H,18,20,23). The van der Waals surface area contributed by atoms with Gasteiger partial charge in [-0.2, -0.15) is 10.2 Å². The van der Waals surface area contributed by atoms with E-state index in [9.17, 15) is 4.79 Å². The molecule has 0 aliphatic heterocycles. The van der Waals surface area contributed by atoms with Crippen LogP contribution >= 0.6 is 0 Å². The molecular weight excluding hydrogens is 304 g/mol. The predicted molar refractivity (Wildman–Crippen MR) is 90.6 cm³/mol. The number of aromatic nitrogens is 5. The van der Waals surface area contributed by atoms with E-state index in [1.54, 1.807) is 12.3 Å². The van der Waals surface area contributed by atoms with Crippen LogP contribution in [0.5, 0.6) is 0 Å². The van der Waals surface area contributed by atoms with Crippen LogP contribution in [0, 0.1) is 6.92 Å². The number of carbonyl (C=O) groups is 1. The summed E-state index contributed by atoms with van der Waals surface area (Å²) < 4.78 is 0. The third-order valence-electron chi connectivity index (χ3n) is 3.75. The van der Waals surface area contributed by atoms with Gasteiger partial charge in [-0.3, -0.25) is 15.0 Å². The van der Waals surface area contributed by atoms with E-state index in [0.29, 0.717) is 17.0 Å². The molecule has 0 atom stereocenters. The fraction of sp³-hybridized carbons (Fsp3) is 0.0588. The molecule has 0 fully saturated rings. The molecule has 7 heteroatoms. The molecule has 118 valence electrons. The van der Waals surface area contributed by atoms with Gasteiger partial charge in [0.15, 0.2) is 5.65 Å². The third kappa shape index (κ3) is 2.52. The summed E-state index contributed by atoms with van der Waals surface area (Å²) in [6.07, 6.45) is 1.58. The number of fused-ring (bicyclic) bond motifs is 1. The molecule has 1 amide bonds. The fourth-order valence-corrected chi connectivity index (χ4v) is 2.48. The quantitative estimate of drug-likeness (QED) is 0.541. The smallest absolute Gasteiger partial charge is 0.273 e. The van der Waals surface area contributed by atoms with Crippen LogP contribution in [0.15, 0.2) is 48.7 Å². The zero-order valence-electron chi connectivity index (χ0n) is 12.9. The number of pyridine rings is 1. The minimum Gasteiger partial charge on any atom is -0.319 e. The number of hydrogen-bond donors (Lipinski definition) is 3. The first-order valence-corrected chi connectivity index (χ1v) is 7.43. The van der Waals surface area contributed by atoms with Crippen molar-refractivity contribution in [1.29, 1.82) is 0 Å². The van der Waals surface area contributed by atoms with Crippen molar-refractivity contribution in [3.63, 3.8) is 0 Å². The lowest BCUT2D eigenvalue weighted by atomic mass is 10.1. The highest BCUT2D eigenvalue weighted by atomic mass is 16.1. The van der Waals surface area contributed by atoms with E-state index in [1.165, 1.54) is 0 Å². The number of H-pyrrole nitrogens is 2. The highest BCUT2D eigenvalue weighted by molar-refractivity contribution is 6.04. The summed E-state index contributed by atoms with van der Waals surface area (Å²) in [5, 5.41) is 17.6. The molecule has 3 aromatic heterocycles. The Morgan fingerprint density at radius 1 is 1.08 bits per heavy atom. The first-order chi connectivity index (χ1) is 11.7. The minimum absolute atomic E-state index is 0.271. The number of amides is 1. The van der Waals surface area contributed by atoms with E-state index >= 15 is 0 Å². The van der Waals surface area contributed by atoms with Gasteiger partial charge in [-0.25, -0.2) is 4.98 Å². The Kier molecular flexibility index (Phi) is 3.31. The van der Waals surface area contributed by atoms with Gasteiger partial charge in [0.25, 0.3) is 5.91 Å². The molecule has 0 unspecified atom stereocenters. The molecule has 0 aliphatic carbocycles. The van der Waals surface area contributed by atoms with Crippen LogP contribution in [0.4, 0.5) is 5.69 Å². The summed E-state index contributed by atoms with van der Waals surface area (Å²) in [5.41, 5.74) is 4.19. The summed E-state index contributed by atoms with van der Waals surface area (Å²) in [6.45, 7) is 1.91. The van der Waals surface area contributed by atoms with Gasteiger partial charge >= 0.3 is 0 Å². The second-order valence-electron chi connectivity index (χ2n) is 5.43. The highest BCUT2D eigenvalue weighted by Gasteiger charge is 2.12. The lowest BCUT2D eigenvalue weighted by Gasteiger charge is -2.02. The molecule has 7 nitrogen and oxygen atoms in total. The first-order valence-electron chi connectivity index (χ1n) is 7.43. The molecule has 0 spiro atoms. The summed E-state index contributed by atoms with van der Waals surface area (Å²) in [4.78, 5) is 16.6. The molecule has 0 saturated heterocycles. The summed E-state index contributed by atoms with van der Waals surface area (Å²) >= 11 is 0. The van der Waals surface area contributed by atoms with Crippen LogP contribution in [0.3, 0.4) is 0 Å². The van der Waals surface area contributed by atoms with Crippen LogP contribution < -0.4 is 5.32 Å². The number of carbonyl (C=O) groups excluding carboxylic acids is 1. The number of aryl methyl sites for hydroxylation is 1. The maximum Gasteiger partial charge on any atom is 0.273 e. The Balaban J connectivity index is 1.57. The molecule has 0 radical (unpaired) electrons. The lowest BCUT2D eigenvalue weighted by molar-refractivity contribution is 0.102. The lowest BCUT2D eigenvalue weighted by Crippen LogP contribution is -2.12. The Morgan fingerprint density at radius 2 is 1.92 bits per heavy atom. The number of anilines is 1. The zero-order valence-corrected chi connectivity index (χ0v) is 12.9. The van der Waals surface area contributed by atoms with Crippen LogP contribution in [0.25, 0.3) is 22.3 Å². The molecule has 3 heterocycles. The van der Waals surface area contributed by atoms with Gasteiger partial charge in [-0.05, 0) is 19.1 Å². The van der Waals surface area contributed by atoms with Gasteiger partial charge in [0.2, 0.25) is 0 Å². The average Bonchev–Trinajstić information content (AvgIpc) is 3.24. The van der Waals surface area contributed by atoms with E-state index in [-0.39, 0.29) is 5.91 Å². The van der Waals surface area contributed by atoms with E-state index in [4.69, 9.17) is 0 Å². The average molecular weight is 318 g/mol. The number of hydrogen-bond acceptors (Lipinski definition) is 4. The molecule has 0 aliphatic rings. The van der Waals surface area contributed by atoms with E-state index in [1.807, 2.05) is 43.3 Å². The Morgan fingerprint density at radius 3 is 2.75 bits per heavy atom. The van der Waals surface area contributed by atoms with Crippen LogP contribution in [0.2, 0.25) is 0 Å². The van der Waals surface area contributed by atoms with E-state index in [2.05, 4.69) is 30.7 Å². The molecular formula is C17H14N6O. The van der Waals surface area contributed by atoms with Crippen molar-refractivity contribution in [2.75, 3.05) is 5.32 Å². The highest BCUT2D eigenvalue weighted by Crippen LogP contribution is 2.20. The minimum atomic E-state index is -0.271. The van der Waals surface area contributed by atoms with E-state index in [0.717, 1.165) is 22.3 Å². The summed E-state index contributed by atoms with van der Waals surface area (Å²) in [6, 6.07) is 13.2. The SMILES string of the molecule is Cc1[nH]nc2ncc(NC(=O)c3cc(-c4ccccc4)n[nH]3)cc12. The van der Waals surface area contributed by atoms with Crippen molar-refractivity contribution in [3.05, 3.63) is 60.0 Å². The second kappa shape index (κ2) is 5.62. The van der Waals surface area contributed by atoms with Crippen LogP contribution in [-0.2, 0) is 0 Å². The largest absolute Gasteiger partial charge is 0.319 e. The van der Waals surface area contributed by atoms with E-state index < -0.39 is 0 Å². The molecule has 24 heavy (non-hydrogen) atoms. The number of aromatic amines is 2. The fourth-order valence-electron chi connectivity index (χ4n) is 2.48. The Bertz CT molecular complexity index is 1020. The van der Waals surface area contributed by atoms with Gasteiger partial charge < -0.3 is 5.32 Å². The van der Waals surface area contributed by atoms with Crippen molar-refractivity contribution < 1.29 is 4.79 Å². The third-order valence-corrected chi connectivity index (χ3v) is 3.75.